The lowest BCUT2D eigenvalue weighted by atomic mass is 9.98. The van der Waals surface area contributed by atoms with Crippen molar-refractivity contribution in [1.29, 1.82) is 0 Å². The number of rotatable bonds is 6. The van der Waals surface area contributed by atoms with E-state index in [2.05, 4.69) is 4.18 Å². The Balaban J connectivity index is 2.48. The Hall–Kier alpha value is -3.25. The molecule has 3 rings (SSSR count). The Labute approximate surface area is 203 Å². The zero-order valence-corrected chi connectivity index (χ0v) is 20.2. The summed E-state index contributed by atoms with van der Waals surface area (Å²) in [5, 5.41) is 10.1. The summed E-state index contributed by atoms with van der Waals surface area (Å²) in [7, 11) is -4.77. The molecule has 0 radical (unpaired) electrons. The van der Waals surface area contributed by atoms with Crippen molar-refractivity contribution in [2.24, 2.45) is 5.92 Å². The van der Waals surface area contributed by atoms with Gasteiger partial charge in [0.05, 0.1) is 0 Å². The summed E-state index contributed by atoms with van der Waals surface area (Å²) in [6.07, 6.45) is -1.40. The zero-order valence-electron chi connectivity index (χ0n) is 18.6. The van der Waals surface area contributed by atoms with Gasteiger partial charge in [-0.2, -0.15) is 21.6 Å². The molecule has 35 heavy (non-hydrogen) atoms. The fourth-order valence-corrected chi connectivity index (χ4v) is 4.09. The number of carboxylic acid groups (broad SMARTS) is 1. The number of hydrogen-bond donors (Lipinski definition) is 1. The summed E-state index contributed by atoms with van der Waals surface area (Å²) in [5.41, 5.74) is -5.73. The van der Waals surface area contributed by atoms with Crippen LogP contribution in [0.5, 0.6) is 5.75 Å². The Morgan fingerprint density at radius 1 is 1.14 bits per heavy atom. The Kier molecular flexibility index (Phi) is 7.09. The summed E-state index contributed by atoms with van der Waals surface area (Å²) in [6, 6.07) is 9.14. The highest BCUT2D eigenvalue weighted by molar-refractivity contribution is 7.88. The number of alkyl halides is 3. The summed E-state index contributed by atoms with van der Waals surface area (Å²) in [5.74, 6) is -0.833. The average Bonchev–Trinajstić information content (AvgIpc) is 2.74. The number of carbonyl (C=O) groups is 1. The highest BCUT2D eigenvalue weighted by Crippen LogP contribution is 2.39. The Morgan fingerprint density at radius 3 is 2.26 bits per heavy atom. The molecule has 1 N–H and O–H groups in total. The number of amides is 1. The number of pyridine rings is 1. The third kappa shape index (κ3) is 5.22. The molecular formula is C22H20ClF3N2O6S. The lowest BCUT2D eigenvalue weighted by Crippen LogP contribution is -2.34. The molecule has 188 valence electrons. The lowest BCUT2D eigenvalue weighted by Gasteiger charge is -2.26. The normalized spacial score (nSPS) is 12.2. The van der Waals surface area contributed by atoms with Crippen molar-refractivity contribution in [2.75, 3.05) is 11.9 Å². The molecule has 1 aromatic heterocycles. The van der Waals surface area contributed by atoms with Gasteiger partial charge in [0, 0.05) is 35.0 Å². The van der Waals surface area contributed by atoms with Gasteiger partial charge in [-0.1, -0.05) is 37.6 Å². The van der Waals surface area contributed by atoms with E-state index in [1.165, 1.54) is 23.7 Å². The van der Waals surface area contributed by atoms with E-state index < -0.39 is 33.0 Å². The van der Waals surface area contributed by atoms with Crippen LogP contribution in [-0.4, -0.2) is 36.7 Å². The Morgan fingerprint density at radius 2 is 1.74 bits per heavy atom. The summed E-state index contributed by atoms with van der Waals surface area (Å²) in [4.78, 5) is 26.1. The second kappa shape index (κ2) is 9.42. The van der Waals surface area contributed by atoms with Crippen molar-refractivity contribution in [3.63, 3.8) is 0 Å². The van der Waals surface area contributed by atoms with Crippen LogP contribution in [0.2, 0.25) is 5.02 Å². The van der Waals surface area contributed by atoms with Gasteiger partial charge >= 0.3 is 21.7 Å². The molecule has 0 saturated heterocycles. The lowest BCUT2D eigenvalue weighted by molar-refractivity contribution is -0.0500. The molecule has 0 aliphatic rings. The van der Waals surface area contributed by atoms with E-state index in [9.17, 15) is 36.3 Å². The van der Waals surface area contributed by atoms with Gasteiger partial charge in [-0.05, 0) is 41.8 Å². The van der Waals surface area contributed by atoms with Crippen molar-refractivity contribution < 1.29 is 35.7 Å². The first-order chi connectivity index (χ1) is 16.1. The van der Waals surface area contributed by atoms with E-state index >= 15 is 0 Å². The molecule has 0 saturated carbocycles. The molecule has 13 heteroatoms. The average molecular weight is 533 g/mol. The first-order valence-electron chi connectivity index (χ1n) is 10.1. The van der Waals surface area contributed by atoms with Crippen LogP contribution < -0.4 is 14.6 Å². The monoisotopic (exact) mass is 532 g/mol. The van der Waals surface area contributed by atoms with Crippen molar-refractivity contribution in [3.05, 3.63) is 57.8 Å². The second-order valence-corrected chi connectivity index (χ2v) is 10.0. The van der Waals surface area contributed by atoms with Crippen molar-refractivity contribution in [3.8, 4) is 16.9 Å². The third-order valence-corrected chi connectivity index (χ3v) is 6.22. The third-order valence-electron chi connectivity index (χ3n) is 4.99. The number of hydrogen-bond acceptors (Lipinski definition) is 5. The molecule has 0 atom stereocenters. The highest BCUT2D eigenvalue weighted by Gasteiger charge is 2.48. The molecule has 0 aliphatic heterocycles. The predicted octanol–water partition coefficient (Wildman–Crippen LogP) is 5.32. The second-order valence-electron chi connectivity index (χ2n) is 8.05. The van der Waals surface area contributed by atoms with Crippen molar-refractivity contribution >= 4 is 44.4 Å². The van der Waals surface area contributed by atoms with Gasteiger partial charge in [0.2, 0.25) is 0 Å². The van der Waals surface area contributed by atoms with Crippen LogP contribution in [-0.2, 0) is 16.7 Å². The van der Waals surface area contributed by atoms with Gasteiger partial charge in [0.25, 0.3) is 5.56 Å². The van der Waals surface area contributed by atoms with E-state index in [4.69, 9.17) is 11.6 Å². The first kappa shape index (κ1) is 26.4. The highest BCUT2D eigenvalue weighted by atomic mass is 35.5. The summed E-state index contributed by atoms with van der Waals surface area (Å²) < 4.78 is 67.2. The number of fused-ring (bicyclic) bond motifs is 1. The molecule has 0 bridgehead atoms. The number of anilines is 1. The number of aromatic nitrogens is 1. The smallest absolute Gasteiger partial charge is 0.465 e. The van der Waals surface area contributed by atoms with Crippen LogP contribution in [0.15, 0.2) is 47.3 Å². The van der Waals surface area contributed by atoms with Gasteiger partial charge in [-0.15, -0.1) is 0 Å². The van der Waals surface area contributed by atoms with Gasteiger partial charge in [0.1, 0.15) is 11.6 Å². The van der Waals surface area contributed by atoms with Crippen molar-refractivity contribution in [2.45, 2.75) is 25.9 Å². The van der Waals surface area contributed by atoms with E-state index in [-0.39, 0.29) is 34.6 Å². The molecule has 1 heterocycles. The van der Waals surface area contributed by atoms with E-state index in [1.807, 2.05) is 13.8 Å². The van der Waals surface area contributed by atoms with Gasteiger partial charge in [-0.3, -0.25) is 14.3 Å². The van der Waals surface area contributed by atoms with E-state index in [1.54, 1.807) is 12.1 Å². The van der Waals surface area contributed by atoms with Crippen LogP contribution in [0.4, 0.5) is 23.8 Å². The fourth-order valence-electron chi connectivity index (χ4n) is 3.51. The number of benzene rings is 2. The minimum Gasteiger partial charge on any atom is -0.465 e. The molecular weight excluding hydrogens is 513 g/mol. The van der Waals surface area contributed by atoms with Crippen LogP contribution >= 0.6 is 11.6 Å². The maximum atomic E-state index is 13.4. The standard InChI is InChI=1S/C22H20ClF3N2O6S/c1-12(2)11-28-19(27(3)21(30)31)18(13-4-6-14(23)7-5-13)17-10-15(8-9-16(17)20(28)29)34-35(32,33)22(24,25)26/h4-10,12H,11H2,1-3H3,(H,30,31). The largest absolute Gasteiger partial charge is 0.534 e. The molecule has 1 amide bonds. The SMILES string of the molecule is CC(C)Cn1c(N(C)C(=O)O)c(-c2ccc(Cl)cc2)c2cc(OS(=O)(=O)C(F)(F)F)ccc2c1=O. The molecule has 8 nitrogen and oxygen atoms in total. The van der Waals surface area contributed by atoms with Crippen LogP contribution in [0.3, 0.4) is 0 Å². The zero-order chi connectivity index (χ0) is 26.3. The molecule has 0 unspecified atom stereocenters. The van der Waals surface area contributed by atoms with Gasteiger partial charge in [0.15, 0.2) is 0 Å². The fraction of sp³-hybridized carbons (Fsp3) is 0.273. The molecule has 0 fully saturated rings. The van der Waals surface area contributed by atoms with Crippen molar-refractivity contribution in [1.82, 2.24) is 4.57 Å². The van der Waals surface area contributed by atoms with E-state index in [0.717, 1.165) is 23.1 Å². The minimum absolute atomic E-state index is 0.00435. The molecule has 0 aliphatic carbocycles. The maximum absolute atomic E-state index is 13.4. The Bertz CT molecular complexity index is 1450. The first-order valence-corrected chi connectivity index (χ1v) is 11.9. The number of halogens is 4. The van der Waals surface area contributed by atoms with Crippen LogP contribution in [0.25, 0.3) is 21.9 Å². The minimum atomic E-state index is -5.98. The van der Waals surface area contributed by atoms with E-state index in [0.29, 0.717) is 10.6 Å². The van der Waals surface area contributed by atoms with Crippen LogP contribution in [0, 0.1) is 5.92 Å². The quantitative estimate of drug-likeness (QED) is 0.340. The van der Waals surface area contributed by atoms with Gasteiger partial charge < -0.3 is 9.29 Å². The van der Waals surface area contributed by atoms with Gasteiger partial charge in [-0.25, -0.2) is 4.79 Å². The maximum Gasteiger partial charge on any atom is 0.534 e. The van der Waals surface area contributed by atoms with Crippen LogP contribution in [0.1, 0.15) is 13.8 Å². The molecule has 2 aromatic carbocycles. The summed E-state index contributed by atoms with van der Waals surface area (Å²) >= 11 is 5.98. The topological polar surface area (TPSA) is 106 Å². The predicted molar refractivity (Wildman–Crippen MR) is 126 cm³/mol. The summed E-state index contributed by atoms with van der Waals surface area (Å²) in [6.45, 7) is 3.77. The molecule has 3 aromatic rings. The molecule has 0 spiro atoms. The number of nitrogens with zero attached hydrogens (tertiary/aromatic N) is 2.